The van der Waals surface area contributed by atoms with Gasteiger partial charge in [0, 0.05) is 17.9 Å². The highest BCUT2D eigenvalue weighted by atomic mass is 32.2. The maximum Gasteiger partial charge on any atom is 0.163 e. The Morgan fingerprint density at radius 1 is 1.19 bits per heavy atom. The lowest BCUT2D eigenvalue weighted by Gasteiger charge is -2.32. The van der Waals surface area contributed by atoms with Gasteiger partial charge in [0.1, 0.15) is 6.29 Å². The van der Waals surface area contributed by atoms with Crippen LogP contribution < -0.4 is 0 Å². The Balaban J connectivity index is 1.69. The van der Waals surface area contributed by atoms with Crippen molar-refractivity contribution in [1.29, 1.82) is 0 Å². The Labute approximate surface area is 134 Å². The molecular formula is C17H20O2S2. The Morgan fingerprint density at radius 3 is 2.57 bits per heavy atom. The predicted octanol–water partition coefficient (Wildman–Crippen LogP) is 4.05. The first-order valence-electron chi connectivity index (χ1n) is 7.54. The Morgan fingerprint density at radius 2 is 1.90 bits per heavy atom. The number of carbonyl (C=O) groups is 2. The van der Waals surface area contributed by atoms with Crippen LogP contribution in [0.3, 0.4) is 0 Å². The number of Topliss-reactive ketones (excluding diaryl/α,β-unsaturated/α-hetero) is 1. The van der Waals surface area contributed by atoms with E-state index in [1.165, 1.54) is 17.9 Å². The number of ketones is 1. The smallest absolute Gasteiger partial charge is 0.163 e. The first-order chi connectivity index (χ1) is 10.2. The van der Waals surface area contributed by atoms with Crippen LogP contribution in [0.1, 0.15) is 36.0 Å². The van der Waals surface area contributed by atoms with Gasteiger partial charge < -0.3 is 4.79 Å². The molecule has 0 radical (unpaired) electrons. The fourth-order valence-electron chi connectivity index (χ4n) is 3.38. The maximum atomic E-state index is 12.4. The third kappa shape index (κ3) is 3.37. The molecule has 1 saturated carbocycles. The number of carbonyl (C=O) groups excluding carboxylic acids is 2. The van der Waals surface area contributed by atoms with E-state index in [1.807, 2.05) is 53.9 Å². The third-order valence-electron chi connectivity index (χ3n) is 4.46. The second-order valence-electron chi connectivity index (χ2n) is 5.92. The van der Waals surface area contributed by atoms with E-state index in [1.54, 1.807) is 0 Å². The first-order valence-corrected chi connectivity index (χ1v) is 9.51. The SMILES string of the molecule is O=C[C@H]1CC2(C[C@H]1CC(=O)c1ccccc1)SCCCS2. The predicted molar refractivity (Wildman–Crippen MR) is 89.9 cm³/mol. The van der Waals surface area contributed by atoms with Crippen molar-refractivity contribution in [2.24, 2.45) is 11.8 Å². The monoisotopic (exact) mass is 320 g/mol. The molecule has 1 heterocycles. The van der Waals surface area contributed by atoms with Gasteiger partial charge in [0.05, 0.1) is 4.08 Å². The van der Waals surface area contributed by atoms with Gasteiger partial charge in [-0.25, -0.2) is 0 Å². The maximum absolute atomic E-state index is 12.4. The van der Waals surface area contributed by atoms with Gasteiger partial charge in [-0.15, -0.1) is 23.5 Å². The summed E-state index contributed by atoms with van der Waals surface area (Å²) in [4.78, 5) is 23.8. The van der Waals surface area contributed by atoms with Crippen molar-refractivity contribution in [3.63, 3.8) is 0 Å². The van der Waals surface area contributed by atoms with Crippen LogP contribution in [0.25, 0.3) is 0 Å². The zero-order chi connectivity index (χ0) is 14.7. The second kappa shape index (κ2) is 6.57. The lowest BCUT2D eigenvalue weighted by atomic mass is 9.90. The minimum atomic E-state index is 0.0516. The lowest BCUT2D eigenvalue weighted by Crippen LogP contribution is -2.22. The zero-order valence-electron chi connectivity index (χ0n) is 12.0. The highest BCUT2D eigenvalue weighted by Gasteiger charge is 2.47. The summed E-state index contributed by atoms with van der Waals surface area (Å²) in [6.07, 6.45) is 4.81. The van der Waals surface area contributed by atoms with Crippen LogP contribution in [0.4, 0.5) is 0 Å². The molecule has 1 aromatic carbocycles. The van der Waals surface area contributed by atoms with Gasteiger partial charge in [0.25, 0.3) is 0 Å². The Bertz CT molecular complexity index is 509. The minimum Gasteiger partial charge on any atom is -0.303 e. The van der Waals surface area contributed by atoms with E-state index in [4.69, 9.17) is 0 Å². The van der Waals surface area contributed by atoms with E-state index in [0.717, 1.165) is 24.7 Å². The minimum absolute atomic E-state index is 0.0516. The lowest BCUT2D eigenvalue weighted by molar-refractivity contribution is -0.111. The molecule has 1 spiro atoms. The Kier molecular flexibility index (Phi) is 4.75. The summed E-state index contributed by atoms with van der Waals surface area (Å²) in [6, 6.07) is 9.45. The second-order valence-corrected chi connectivity index (χ2v) is 9.14. The molecule has 1 aromatic rings. The van der Waals surface area contributed by atoms with Crippen LogP contribution in [0.5, 0.6) is 0 Å². The molecular weight excluding hydrogens is 300 g/mol. The summed E-state index contributed by atoms with van der Waals surface area (Å²) < 4.78 is 0.200. The molecule has 0 aromatic heterocycles. The van der Waals surface area contributed by atoms with E-state index in [9.17, 15) is 9.59 Å². The molecule has 2 nitrogen and oxygen atoms in total. The number of thioether (sulfide) groups is 2. The van der Waals surface area contributed by atoms with Crippen molar-refractivity contribution >= 4 is 35.6 Å². The molecule has 0 bridgehead atoms. The van der Waals surface area contributed by atoms with Crippen LogP contribution in [0.2, 0.25) is 0 Å². The normalized spacial score (nSPS) is 27.6. The van der Waals surface area contributed by atoms with Crippen molar-refractivity contribution < 1.29 is 9.59 Å². The van der Waals surface area contributed by atoms with Crippen molar-refractivity contribution in [3.8, 4) is 0 Å². The number of hydrogen-bond acceptors (Lipinski definition) is 4. The quantitative estimate of drug-likeness (QED) is 0.619. The standard InChI is InChI=1S/C17H20O2S2/c18-12-15-11-17(20-7-4-8-21-17)10-14(15)9-16(19)13-5-2-1-3-6-13/h1-3,5-6,12,14-15H,4,7-11H2/t14-,15-/m1/s1. The molecule has 1 aliphatic heterocycles. The fourth-order valence-corrected chi connectivity index (χ4v) is 7.00. The third-order valence-corrected chi connectivity index (χ3v) is 7.87. The van der Waals surface area contributed by atoms with Crippen LogP contribution >= 0.6 is 23.5 Å². The van der Waals surface area contributed by atoms with Crippen molar-refractivity contribution in [2.75, 3.05) is 11.5 Å². The van der Waals surface area contributed by atoms with Gasteiger partial charge in [0.15, 0.2) is 5.78 Å². The van der Waals surface area contributed by atoms with Gasteiger partial charge in [-0.3, -0.25) is 4.79 Å². The van der Waals surface area contributed by atoms with Crippen molar-refractivity contribution in [3.05, 3.63) is 35.9 Å². The fraction of sp³-hybridized carbons (Fsp3) is 0.529. The summed E-state index contributed by atoms with van der Waals surface area (Å²) in [5.74, 6) is 2.83. The molecule has 1 saturated heterocycles. The van der Waals surface area contributed by atoms with Crippen molar-refractivity contribution in [1.82, 2.24) is 0 Å². The zero-order valence-corrected chi connectivity index (χ0v) is 13.6. The summed E-state index contributed by atoms with van der Waals surface area (Å²) in [5.41, 5.74) is 0.770. The van der Waals surface area contributed by atoms with E-state index >= 15 is 0 Å². The largest absolute Gasteiger partial charge is 0.303 e. The molecule has 1 aliphatic carbocycles. The van der Waals surface area contributed by atoms with Gasteiger partial charge in [-0.1, -0.05) is 30.3 Å². The molecule has 0 amide bonds. The van der Waals surface area contributed by atoms with Gasteiger partial charge in [-0.2, -0.15) is 0 Å². The molecule has 3 rings (SSSR count). The molecule has 2 fully saturated rings. The molecule has 0 unspecified atom stereocenters. The number of hydrogen-bond donors (Lipinski definition) is 0. The van der Waals surface area contributed by atoms with Gasteiger partial charge in [-0.05, 0) is 36.7 Å². The molecule has 2 atom stereocenters. The van der Waals surface area contributed by atoms with E-state index in [0.29, 0.717) is 6.42 Å². The summed E-state index contributed by atoms with van der Waals surface area (Å²) in [5, 5.41) is 0. The highest BCUT2D eigenvalue weighted by Crippen LogP contribution is 2.57. The summed E-state index contributed by atoms with van der Waals surface area (Å²) in [7, 11) is 0. The average molecular weight is 320 g/mol. The molecule has 0 N–H and O–H groups in total. The van der Waals surface area contributed by atoms with Crippen LogP contribution in [-0.2, 0) is 4.79 Å². The van der Waals surface area contributed by atoms with Crippen molar-refractivity contribution in [2.45, 2.75) is 29.8 Å². The topological polar surface area (TPSA) is 34.1 Å². The van der Waals surface area contributed by atoms with E-state index in [-0.39, 0.29) is 21.7 Å². The average Bonchev–Trinajstić information content (AvgIpc) is 2.86. The van der Waals surface area contributed by atoms with Crippen LogP contribution in [-0.4, -0.2) is 27.7 Å². The number of rotatable bonds is 4. The van der Waals surface area contributed by atoms with Crippen LogP contribution in [0.15, 0.2) is 30.3 Å². The van der Waals surface area contributed by atoms with E-state index < -0.39 is 0 Å². The molecule has 2 aliphatic rings. The van der Waals surface area contributed by atoms with Crippen LogP contribution in [0, 0.1) is 11.8 Å². The number of aldehydes is 1. The Hall–Kier alpha value is -0.740. The number of benzene rings is 1. The summed E-state index contributed by atoms with van der Waals surface area (Å²) >= 11 is 4.02. The van der Waals surface area contributed by atoms with Gasteiger partial charge >= 0.3 is 0 Å². The molecule has 4 heteroatoms. The summed E-state index contributed by atoms with van der Waals surface area (Å²) in [6.45, 7) is 0. The first kappa shape index (κ1) is 15.2. The molecule has 21 heavy (non-hydrogen) atoms. The highest BCUT2D eigenvalue weighted by molar-refractivity contribution is 8.18. The van der Waals surface area contributed by atoms with Gasteiger partial charge in [0.2, 0.25) is 0 Å². The molecule has 112 valence electrons. The van der Waals surface area contributed by atoms with E-state index in [2.05, 4.69) is 0 Å².